The van der Waals surface area contributed by atoms with Crippen LogP contribution in [0.5, 0.6) is 17.2 Å². The van der Waals surface area contributed by atoms with Gasteiger partial charge in [0, 0.05) is 5.69 Å². The minimum Gasteiger partial charge on any atom is -0.485 e. The van der Waals surface area contributed by atoms with Crippen LogP contribution in [0.1, 0.15) is 18.1 Å². The van der Waals surface area contributed by atoms with E-state index in [1.807, 2.05) is 66.7 Å². The van der Waals surface area contributed by atoms with Gasteiger partial charge in [-0.3, -0.25) is 0 Å². The van der Waals surface area contributed by atoms with E-state index in [9.17, 15) is 0 Å². The summed E-state index contributed by atoms with van der Waals surface area (Å²) in [5.74, 6) is 2.30. The van der Waals surface area contributed by atoms with Crippen LogP contribution in [-0.2, 0) is 13.0 Å². The van der Waals surface area contributed by atoms with Gasteiger partial charge in [0.1, 0.15) is 12.4 Å². The summed E-state index contributed by atoms with van der Waals surface area (Å²) in [6, 6.07) is 23.5. The lowest BCUT2D eigenvalue weighted by Crippen LogP contribution is -1.98. The second-order valence-electron chi connectivity index (χ2n) is 5.54. The van der Waals surface area contributed by atoms with Gasteiger partial charge >= 0.3 is 0 Å². The van der Waals surface area contributed by atoms with Crippen LogP contribution in [0.25, 0.3) is 0 Å². The monoisotopic (exact) mass is 319 g/mol. The summed E-state index contributed by atoms with van der Waals surface area (Å²) in [6.07, 6.45) is 0.921. The first kappa shape index (κ1) is 15.9. The van der Waals surface area contributed by atoms with Crippen LogP contribution in [0.2, 0.25) is 0 Å². The van der Waals surface area contributed by atoms with Crippen molar-refractivity contribution >= 4 is 5.69 Å². The Balaban J connectivity index is 1.76. The van der Waals surface area contributed by atoms with Gasteiger partial charge in [-0.25, -0.2) is 0 Å². The number of nitrogen functional groups attached to an aromatic ring is 1. The number of hydrogen-bond donors (Lipinski definition) is 1. The number of anilines is 1. The van der Waals surface area contributed by atoms with Crippen LogP contribution in [0, 0.1) is 0 Å². The molecule has 0 aliphatic rings. The third-order valence-electron chi connectivity index (χ3n) is 3.80. The number of nitrogens with two attached hydrogens (primary N) is 1. The number of aryl methyl sites for hydroxylation is 1. The third-order valence-corrected chi connectivity index (χ3v) is 3.80. The largest absolute Gasteiger partial charge is 0.485 e. The van der Waals surface area contributed by atoms with Crippen LogP contribution < -0.4 is 15.2 Å². The van der Waals surface area contributed by atoms with E-state index in [-0.39, 0.29) is 0 Å². The van der Waals surface area contributed by atoms with Gasteiger partial charge in [-0.15, -0.1) is 0 Å². The number of ether oxygens (including phenoxy) is 2. The zero-order valence-corrected chi connectivity index (χ0v) is 13.7. The molecule has 3 heteroatoms. The SMILES string of the molecule is CCc1ccccc1Oc1ccccc1OCc1ccc(N)cc1. The number of benzene rings is 3. The molecule has 0 aromatic heterocycles. The maximum absolute atomic E-state index is 6.09. The second kappa shape index (κ2) is 7.55. The molecule has 0 saturated heterocycles. The minimum absolute atomic E-state index is 0.468. The van der Waals surface area contributed by atoms with Crippen molar-refractivity contribution in [3.8, 4) is 17.2 Å². The lowest BCUT2D eigenvalue weighted by molar-refractivity contribution is 0.291. The van der Waals surface area contributed by atoms with Gasteiger partial charge in [-0.2, -0.15) is 0 Å². The van der Waals surface area contributed by atoms with Crippen molar-refractivity contribution in [2.75, 3.05) is 5.73 Å². The van der Waals surface area contributed by atoms with Crippen molar-refractivity contribution in [2.24, 2.45) is 0 Å². The molecule has 0 bridgehead atoms. The van der Waals surface area contributed by atoms with E-state index in [1.165, 1.54) is 5.56 Å². The predicted molar refractivity (Wildman–Crippen MR) is 97.5 cm³/mol. The maximum Gasteiger partial charge on any atom is 0.169 e. The zero-order chi connectivity index (χ0) is 16.8. The highest BCUT2D eigenvalue weighted by Gasteiger charge is 2.08. The van der Waals surface area contributed by atoms with E-state index < -0.39 is 0 Å². The van der Waals surface area contributed by atoms with E-state index in [0.717, 1.165) is 29.2 Å². The van der Waals surface area contributed by atoms with Crippen LogP contribution >= 0.6 is 0 Å². The average Bonchev–Trinajstić information content (AvgIpc) is 2.63. The van der Waals surface area contributed by atoms with Crippen LogP contribution in [-0.4, -0.2) is 0 Å². The normalized spacial score (nSPS) is 10.4. The summed E-state index contributed by atoms with van der Waals surface area (Å²) in [5.41, 5.74) is 8.69. The van der Waals surface area contributed by atoms with Crippen LogP contribution in [0.4, 0.5) is 5.69 Å². The second-order valence-corrected chi connectivity index (χ2v) is 5.54. The van der Waals surface area contributed by atoms with Gasteiger partial charge in [0.15, 0.2) is 11.5 Å². The summed E-state index contributed by atoms with van der Waals surface area (Å²) >= 11 is 0. The summed E-state index contributed by atoms with van der Waals surface area (Å²) in [4.78, 5) is 0. The van der Waals surface area contributed by atoms with Crippen LogP contribution in [0.3, 0.4) is 0 Å². The highest BCUT2D eigenvalue weighted by atomic mass is 16.5. The molecule has 0 fully saturated rings. The standard InChI is InChI=1S/C21H21NO2/c1-2-17-7-3-4-8-19(17)24-21-10-6-5-9-20(21)23-15-16-11-13-18(22)14-12-16/h3-14H,2,15,22H2,1H3. The summed E-state index contributed by atoms with van der Waals surface area (Å²) in [7, 11) is 0. The molecule has 2 N–H and O–H groups in total. The summed E-state index contributed by atoms with van der Waals surface area (Å²) in [6.45, 7) is 2.59. The van der Waals surface area contributed by atoms with Crippen molar-refractivity contribution in [2.45, 2.75) is 20.0 Å². The quantitative estimate of drug-likeness (QED) is 0.635. The van der Waals surface area contributed by atoms with Gasteiger partial charge in [0.05, 0.1) is 0 Å². The fraction of sp³-hybridized carbons (Fsp3) is 0.143. The Morgan fingerprint density at radius 1 is 0.750 bits per heavy atom. The number of hydrogen-bond acceptors (Lipinski definition) is 3. The summed E-state index contributed by atoms with van der Waals surface area (Å²) in [5, 5.41) is 0. The van der Waals surface area contributed by atoms with Crippen LogP contribution in [0.15, 0.2) is 72.8 Å². The molecule has 0 unspecified atom stereocenters. The van der Waals surface area contributed by atoms with Crippen molar-refractivity contribution in [1.82, 2.24) is 0 Å². The molecule has 24 heavy (non-hydrogen) atoms. The van der Waals surface area contributed by atoms with Gasteiger partial charge in [0.2, 0.25) is 0 Å². The van der Waals surface area contributed by atoms with E-state index in [4.69, 9.17) is 15.2 Å². The van der Waals surface area contributed by atoms with Gasteiger partial charge in [0.25, 0.3) is 0 Å². The Morgan fingerprint density at radius 2 is 1.38 bits per heavy atom. The molecule has 0 amide bonds. The zero-order valence-electron chi connectivity index (χ0n) is 13.7. The molecule has 0 aliphatic carbocycles. The van der Waals surface area contributed by atoms with Crippen molar-refractivity contribution < 1.29 is 9.47 Å². The minimum atomic E-state index is 0.468. The first-order valence-corrected chi connectivity index (χ1v) is 8.08. The maximum atomic E-state index is 6.09. The molecule has 0 heterocycles. The highest BCUT2D eigenvalue weighted by molar-refractivity contribution is 5.45. The molecule has 122 valence electrons. The number of rotatable bonds is 6. The number of para-hydroxylation sites is 3. The molecule has 3 aromatic rings. The van der Waals surface area contributed by atoms with Gasteiger partial charge < -0.3 is 15.2 Å². The topological polar surface area (TPSA) is 44.5 Å². The molecule has 0 saturated carbocycles. The molecular formula is C21H21NO2. The molecular weight excluding hydrogens is 298 g/mol. The smallest absolute Gasteiger partial charge is 0.169 e. The van der Waals surface area contributed by atoms with E-state index in [1.54, 1.807) is 0 Å². The van der Waals surface area contributed by atoms with Crippen molar-refractivity contribution in [3.05, 3.63) is 83.9 Å². The van der Waals surface area contributed by atoms with E-state index in [0.29, 0.717) is 12.4 Å². The Labute approximate surface area is 142 Å². The molecule has 3 rings (SSSR count). The van der Waals surface area contributed by atoms with E-state index >= 15 is 0 Å². The van der Waals surface area contributed by atoms with Gasteiger partial charge in [-0.1, -0.05) is 49.4 Å². The molecule has 3 aromatic carbocycles. The lowest BCUT2D eigenvalue weighted by atomic mass is 10.1. The Bertz CT molecular complexity index is 797. The van der Waals surface area contributed by atoms with Crippen molar-refractivity contribution in [3.63, 3.8) is 0 Å². The average molecular weight is 319 g/mol. The van der Waals surface area contributed by atoms with Crippen molar-refractivity contribution in [1.29, 1.82) is 0 Å². The Hall–Kier alpha value is -2.94. The predicted octanol–water partition coefficient (Wildman–Crippen LogP) is 5.20. The molecule has 0 atom stereocenters. The fourth-order valence-electron chi connectivity index (χ4n) is 2.44. The van der Waals surface area contributed by atoms with E-state index in [2.05, 4.69) is 13.0 Å². The Kier molecular flexibility index (Phi) is 5.02. The molecule has 3 nitrogen and oxygen atoms in total. The summed E-state index contributed by atoms with van der Waals surface area (Å²) < 4.78 is 12.0. The third kappa shape index (κ3) is 3.87. The molecule has 0 spiro atoms. The van der Waals surface area contributed by atoms with Gasteiger partial charge in [-0.05, 0) is 47.9 Å². The molecule has 0 radical (unpaired) electrons. The fourth-order valence-corrected chi connectivity index (χ4v) is 2.44. The first-order valence-electron chi connectivity index (χ1n) is 8.08. The first-order chi connectivity index (χ1) is 11.8. The Morgan fingerprint density at radius 3 is 2.08 bits per heavy atom. The highest BCUT2D eigenvalue weighted by Crippen LogP contribution is 2.33. The lowest BCUT2D eigenvalue weighted by Gasteiger charge is -2.14. The molecule has 0 aliphatic heterocycles.